The van der Waals surface area contributed by atoms with Crippen molar-refractivity contribution in [1.82, 2.24) is 5.32 Å². The highest BCUT2D eigenvalue weighted by Gasteiger charge is 2.53. The molecule has 2 saturated carbocycles. The largest absolute Gasteiger partial charge is 0.573 e. The van der Waals surface area contributed by atoms with Gasteiger partial charge in [0.25, 0.3) is 0 Å². The van der Waals surface area contributed by atoms with Gasteiger partial charge in [-0.1, -0.05) is 6.07 Å². The molecule has 4 rings (SSSR count). The Bertz CT molecular complexity index is 1500. The van der Waals surface area contributed by atoms with Crippen molar-refractivity contribution in [2.45, 2.75) is 56.8 Å². The minimum Gasteiger partial charge on any atom is -0.406 e. The number of carbonyl (C=O) groups excluding carboxylic acids is 5. The molecule has 13 heteroatoms. The average Bonchev–Trinajstić information content (AvgIpc) is 3.73. The number of ether oxygens (including phenoxy) is 1. The number of Topliss-reactive ketones (excluding diaryl/α,β-unsaturated/α-hetero) is 1. The van der Waals surface area contributed by atoms with Crippen molar-refractivity contribution >= 4 is 48.0 Å². The van der Waals surface area contributed by atoms with Crippen LogP contribution in [-0.4, -0.2) is 49.2 Å². The van der Waals surface area contributed by atoms with Crippen LogP contribution in [0.3, 0.4) is 0 Å². The van der Waals surface area contributed by atoms with Crippen LogP contribution in [0.15, 0.2) is 36.5 Å². The Balaban J connectivity index is 1.72. The predicted molar refractivity (Wildman–Crippen MR) is 146 cm³/mol. The summed E-state index contributed by atoms with van der Waals surface area (Å²) in [5, 5.41) is 13.7. The molecule has 2 aromatic rings. The molecular formula is C30H27F4N3O6. The third kappa shape index (κ3) is 6.25. The number of ketones is 1. The number of hydrogen-bond donors (Lipinski definition) is 3. The molecule has 0 radical (unpaired) electrons. The molecule has 0 aromatic heterocycles. The van der Waals surface area contributed by atoms with Crippen molar-refractivity contribution in [1.29, 1.82) is 5.41 Å². The number of allylic oxidation sites excluding steroid dienone is 1. The highest BCUT2D eigenvalue weighted by molar-refractivity contribution is 6.31. The van der Waals surface area contributed by atoms with Gasteiger partial charge in [0.05, 0.1) is 5.41 Å². The number of anilines is 1. The summed E-state index contributed by atoms with van der Waals surface area (Å²) in [6.45, 7) is 1.55. The quantitative estimate of drug-likeness (QED) is 0.100. The highest BCUT2D eigenvalue weighted by atomic mass is 19.4. The fraction of sp³-hybridized carbons (Fsp3) is 0.333. The van der Waals surface area contributed by atoms with E-state index in [1.54, 1.807) is 6.92 Å². The molecule has 0 atom stereocenters. The Hall–Kier alpha value is -4.68. The van der Waals surface area contributed by atoms with Gasteiger partial charge in [-0.15, -0.1) is 13.2 Å². The lowest BCUT2D eigenvalue weighted by Crippen LogP contribution is -2.37. The molecule has 226 valence electrons. The lowest BCUT2D eigenvalue weighted by Gasteiger charge is -2.26. The molecule has 9 nitrogen and oxygen atoms in total. The normalized spacial score (nSPS) is 16.3. The van der Waals surface area contributed by atoms with Crippen molar-refractivity contribution in [3.8, 4) is 5.75 Å². The number of halogens is 4. The van der Waals surface area contributed by atoms with E-state index in [9.17, 15) is 41.5 Å². The number of rotatable bonds is 13. The summed E-state index contributed by atoms with van der Waals surface area (Å²) in [6, 6.07) is 5.25. The molecule has 43 heavy (non-hydrogen) atoms. The monoisotopic (exact) mass is 601 g/mol. The Kier molecular flexibility index (Phi) is 8.65. The summed E-state index contributed by atoms with van der Waals surface area (Å²) < 4.78 is 56.2. The maximum atomic E-state index is 14.9. The van der Waals surface area contributed by atoms with E-state index in [1.807, 2.05) is 0 Å². The molecule has 0 heterocycles. The SMILES string of the molecule is Cc1cc(NC(=O)C2(c3ccc(OC(F)(F)F)cc3F)CC2)cc(C(=O)C(C=O)(C=O)C=O)c1/C(C=N)=C/NC1CCC1. The third-order valence-corrected chi connectivity index (χ3v) is 7.71. The molecule has 3 N–H and O–H groups in total. The van der Waals surface area contributed by atoms with E-state index < -0.39 is 40.4 Å². The van der Waals surface area contributed by atoms with Gasteiger partial charge in [0.2, 0.25) is 5.91 Å². The number of aldehydes is 3. The van der Waals surface area contributed by atoms with Crippen LogP contribution in [0.5, 0.6) is 5.75 Å². The van der Waals surface area contributed by atoms with Crippen molar-refractivity contribution in [3.63, 3.8) is 0 Å². The number of nitrogens with one attached hydrogen (secondary N) is 3. The topological polar surface area (TPSA) is 142 Å². The van der Waals surface area contributed by atoms with Gasteiger partial charge >= 0.3 is 6.36 Å². The van der Waals surface area contributed by atoms with Gasteiger partial charge in [-0.25, -0.2) is 4.39 Å². The molecular weight excluding hydrogens is 574 g/mol. The number of carbonyl (C=O) groups is 5. The Morgan fingerprint density at radius 2 is 1.70 bits per heavy atom. The van der Waals surface area contributed by atoms with Gasteiger partial charge < -0.3 is 35.2 Å². The zero-order valence-corrected chi connectivity index (χ0v) is 22.8. The van der Waals surface area contributed by atoms with Gasteiger partial charge in [-0.3, -0.25) is 9.59 Å². The van der Waals surface area contributed by atoms with Crippen molar-refractivity contribution < 1.29 is 46.3 Å². The molecule has 0 bridgehead atoms. The molecule has 0 saturated heterocycles. The van der Waals surface area contributed by atoms with Gasteiger partial charge in [0.15, 0.2) is 11.2 Å². The number of benzene rings is 2. The van der Waals surface area contributed by atoms with Crippen molar-refractivity contribution in [3.05, 3.63) is 64.6 Å². The molecule has 0 aliphatic heterocycles. The number of alkyl halides is 3. The summed E-state index contributed by atoms with van der Waals surface area (Å²) >= 11 is 0. The number of hydrogen-bond acceptors (Lipinski definition) is 8. The fourth-order valence-corrected chi connectivity index (χ4v) is 4.94. The highest BCUT2D eigenvalue weighted by Crippen LogP contribution is 2.50. The van der Waals surface area contributed by atoms with E-state index in [0.29, 0.717) is 11.6 Å². The van der Waals surface area contributed by atoms with Gasteiger partial charge in [0, 0.05) is 46.9 Å². The van der Waals surface area contributed by atoms with Crippen LogP contribution in [0, 0.1) is 23.6 Å². The van der Waals surface area contributed by atoms with E-state index >= 15 is 0 Å². The Labute approximate surface area is 243 Å². The van der Waals surface area contributed by atoms with Crippen LogP contribution in [0.1, 0.15) is 59.2 Å². The number of aryl methyl sites for hydroxylation is 1. The van der Waals surface area contributed by atoms with E-state index in [0.717, 1.165) is 43.7 Å². The summed E-state index contributed by atoms with van der Waals surface area (Å²) in [5.41, 5.74) is -3.82. The zero-order valence-electron chi connectivity index (χ0n) is 22.8. The molecule has 2 fully saturated rings. The minimum absolute atomic E-state index is 0.00573. The second kappa shape index (κ2) is 11.9. The lowest BCUT2D eigenvalue weighted by atomic mass is 9.80. The van der Waals surface area contributed by atoms with E-state index in [2.05, 4.69) is 15.4 Å². The first-order valence-corrected chi connectivity index (χ1v) is 13.3. The molecule has 0 spiro atoms. The molecule has 2 aromatic carbocycles. The average molecular weight is 602 g/mol. The standard InChI is InChI=1S/C30H27F4N3O6/c1-17-9-20(37-27(42)29(7-8-29)23-6-5-21(11-24(23)31)43-30(32,33)34)10-22(26(41)28(14-38,15-39)16-40)25(17)18(12-35)13-36-19-3-2-4-19/h5-6,9-16,19,35-36H,2-4,7-8H2,1H3,(H,37,42)/b18-13+,35-12?. The smallest absolute Gasteiger partial charge is 0.406 e. The first-order chi connectivity index (χ1) is 20.3. The van der Waals surface area contributed by atoms with Gasteiger partial charge in [-0.2, -0.15) is 0 Å². The van der Waals surface area contributed by atoms with Gasteiger partial charge in [-0.05, 0) is 68.4 Å². The van der Waals surface area contributed by atoms with Crippen LogP contribution < -0.4 is 15.4 Å². The van der Waals surface area contributed by atoms with E-state index in [1.165, 1.54) is 12.3 Å². The lowest BCUT2D eigenvalue weighted by molar-refractivity contribution is -0.274. The van der Waals surface area contributed by atoms with Crippen LogP contribution in [0.4, 0.5) is 23.2 Å². The zero-order chi connectivity index (χ0) is 31.6. The second-order valence-electron chi connectivity index (χ2n) is 10.6. The van der Waals surface area contributed by atoms with Crippen molar-refractivity contribution in [2.75, 3.05) is 5.32 Å². The molecule has 2 aliphatic rings. The van der Waals surface area contributed by atoms with E-state index in [-0.39, 0.29) is 65.7 Å². The summed E-state index contributed by atoms with van der Waals surface area (Å²) in [5.74, 6) is -3.76. The predicted octanol–water partition coefficient (Wildman–Crippen LogP) is 4.60. The van der Waals surface area contributed by atoms with Gasteiger partial charge in [0.1, 0.15) is 30.4 Å². The van der Waals surface area contributed by atoms with Crippen molar-refractivity contribution in [2.24, 2.45) is 5.41 Å². The molecule has 2 aliphatic carbocycles. The Morgan fingerprint density at radius 1 is 1.05 bits per heavy atom. The first kappa shape index (κ1) is 31.3. The van der Waals surface area contributed by atoms with Crippen LogP contribution in [0.25, 0.3) is 5.57 Å². The number of amides is 1. The fourth-order valence-electron chi connectivity index (χ4n) is 4.94. The maximum absolute atomic E-state index is 14.9. The Morgan fingerprint density at radius 3 is 2.19 bits per heavy atom. The van der Waals surface area contributed by atoms with Crippen LogP contribution in [-0.2, 0) is 24.6 Å². The summed E-state index contributed by atoms with van der Waals surface area (Å²) in [7, 11) is 0. The molecule has 0 unspecified atom stereocenters. The second-order valence-corrected chi connectivity index (χ2v) is 10.6. The van der Waals surface area contributed by atoms with E-state index in [4.69, 9.17) is 5.41 Å². The third-order valence-electron chi connectivity index (χ3n) is 7.71. The van der Waals surface area contributed by atoms with Crippen LogP contribution >= 0.6 is 0 Å². The minimum atomic E-state index is -5.03. The summed E-state index contributed by atoms with van der Waals surface area (Å²) in [6.07, 6.45) is 0.374. The summed E-state index contributed by atoms with van der Waals surface area (Å²) in [4.78, 5) is 62.2. The maximum Gasteiger partial charge on any atom is 0.573 e. The van der Waals surface area contributed by atoms with Crippen LogP contribution in [0.2, 0.25) is 0 Å². The first-order valence-electron chi connectivity index (χ1n) is 13.3. The molecule has 1 amide bonds.